The molecule has 0 spiro atoms. The lowest BCUT2D eigenvalue weighted by atomic mass is 9.97. The molecule has 1 atom stereocenters. The number of aromatic nitrogens is 1. The lowest BCUT2D eigenvalue weighted by Gasteiger charge is -2.36. The lowest BCUT2D eigenvalue weighted by molar-refractivity contribution is 0.138. The second-order valence-corrected chi connectivity index (χ2v) is 9.27. The van der Waals surface area contributed by atoms with Crippen molar-refractivity contribution in [3.05, 3.63) is 33.5 Å². The van der Waals surface area contributed by atoms with Crippen molar-refractivity contribution in [1.29, 1.82) is 0 Å². The van der Waals surface area contributed by atoms with Crippen LogP contribution in [0.4, 0.5) is 9.93 Å². The average molecular weight is 391 g/mol. The first-order valence-electron chi connectivity index (χ1n) is 9.47. The van der Waals surface area contributed by atoms with Crippen molar-refractivity contribution < 1.29 is 4.79 Å². The molecule has 2 aromatic heterocycles. The minimum atomic E-state index is -0.159. The monoisotopic (exact) mass is 390 g/mol. The molecule has 1 unspecified atom stereocenters. The summed E-state index contributed by atoms with van der Waals surface area (Å²) in [6.45, 7) is 5.16. The Kier molecular flexibility index (Phi) is 5.57. The first-order valence-corrected chi connectivity index (χ1v) is 11.2. The number of carbonyl (C=O) groups is 1. The highest BCUT2D eigenvalue weighted by Gasteiger charge is 2.27. The van der Waals surface area contributed by atoms with E-state index in [9.17, 15) is 4.79 Å². The fraction of sp³-hybridized carbons (Fsp3) is 0.579. The Hall–Kier alpha value is -1.44. The van der Waals surface area contributed by atoms with E-state index >= 15 is 0 Å². The number of thiophene rings is 1. The molecule has 4 rings (SSSR count). The fourth-order valence-corrected chi connectivity index (χ4v) is 5.12. The summed E-state index contributed by atoms with van der Waals surface area (Å²) in [6, 6.07) is 4.37. The quantitative estimate of drug-likeness (QED) is 0.753. The number of piperidine rings is 1. The van der Waals surface area contributed by atoms with Crippen LogP contribution >= 0.6 is 22.7 Å². The van der Waals surface area contributed by atoms with Gasteiger partial charge in [-0.1, -0.05) is 13.0 Å². The number of likely N-dealkylation sites (tertiary alicyclic amines) is 1. The maximum absolute atomic E-state index is 12.3. The summed E-state index contributed by atoms with van der Waals surface area (Å²) in [5.41, 5.74) is 1.13. The molecule has 1 aliphatic heterocycles. The van der Waals surface area contributed by atoms with Crippen molar-refractivity contribution >= 4 is 33.8 Å². The molecule has 0 radical (unpaired) electrons. The van der Waals surface area contributed by atoms with Crippen molar-refractivity contribution in [3.8, 4) is 0 Å². The van der Waals surface area contributed by atoms with E-state index in [1.165, 1.54) is 41.9 Å². The van der Waals surface area contributed by atoms with Crippen LogP contribution in [0, 0.1) is 5.92 Å². The fourth-order valence-electron chi connectivity index (χ4n) is 3.47. The zero-order valence-electron chi connectivity index (χ0n) is 15.1. The predicted molar refractivity (Wildman–Crippen MR) is 108 cm³/mol. The highest BCUT2D eigenvalue weighted by Crippen LogP contribution is 2.40. The van der Waals surface area contributed by atoms with Gasteiger partial charge in [0.25, 0.3) is 0 Å². The first kappa shape index (κ1) is 17.9. The summed E-state index contributed by atoms with van der Waals surface area (Å²) < 4.78 is 0. The molecule has 140 valence electrons. The highest BCUT2D eigenvalue weighted by molar-refractivity contribution is 7.14. The topological polar surface area (TPSA) is 57.3 Å². The molecular formula is C19H26N4OS2. The molecule has 5 nitrogen and oxygen atoms in total. The van der Waals surface area contributed by atoms with Crippen molar-refractivity contribution in [2.75, 3.05) is 25.0 Å². The number of nitrogens with zero attached hydrogens (tertiary/aromatic N) is 2. The van der Waals surface area contributed by atoms with E-state index in [0.29, 0.717) is 17.6 Å². The Bertz CT molecular complexity index is 718. The maximum Gasteiger partial charge on any atom is 0.321 e. The summed E-state index contributed by atoms with van der Waals surface area (Å²) in [5.74, 6) is 1.42. The largest absolute Gasteiger partial charge is 0.336 e. The number of urea groups is 1. The van der Waals surface area contributed by atoms with Gasteiger partial charge in [0.2, 0.25) is 0 Å². The molecule has 2 aliphatic rings. The first-order chi connectivity index (χ1) is 12.7. The molecule has 3 heterocycles. The van der Waals surface area contributed by atoms with E-state index in [2.05, 4.69) is 50.3 Å². The standard InChI is InChI=1S/C19H26N4OS2/c1-13-6-8-23(9-7-13)16(17-3-2-10-25-17)11-20-18(24)22-19-21-15(12-26-19)14-4-5-14/h2-3,10,12-14,16H,4-9,11H2,1H3,(H2,20,21,22,24). The molecule has 0 aromatic carbocycles. The van der Waals surface area contributed by atoms with Gasteiger partial charge in [0.15, 0.2) is 5.13 Å². The van der Waals surface area contributed by atoms with E-state index < -0.39 is 0 Å². The van der Waals surface area contributed by atoms with Crippen LogP contribution in [-0.4, -0.2) is 35.5 Å². The maximum atomic E-state index is 12.3. The summed E-state index contributed by atoms with van der Waals surface area (Å²) in [7, 11) is 0. The minimum absolute atomic E-state index is 0.159. The van der Waals surface area contributed by atoms with E-state index in [1.807, 2.05) is 0 Å². The SMILES string of the molecule is CC1CCN(C(CNC(=O)Nc2nc(C3CC3)cs2)c2cccs2)CC1. The molecule has 2 fully saturated rings. The van der Waals surface area contributed by atoms with Gasteiger partial charge < -0.3 is 5.32 Å². The van der Waals surface area contributed by atoms with Gasteiger partial charge in [0.05, 0.1) is 11.7 Å². The van der Waals surface area contributed by atoms with Crippen molar-refractivity contribution in [1.82, 2.24) is 15.2 Å². The van der Waals surface area contributed by atoms with E-state index in [0.717, 1.165) is 24.7 Å². The Morgan fingerprint density at radius 2 is 2.12 bits per heavy atom. The van der Waals surface area contributed by atoms with E-state index in [-0.39, 0.29) is 12.1 Å². The average Bonchev–Trinajstić information content (AvgIpc) is 3.15. The molecular weight excluding hydrogens is 364 g/mol. The third-order valence-corrected chi connectivity index (χ3v) is 7.07. The van der Waals surface area contributed by atoms with E-state index in [1.54, 1.807) is 11.3 Å². The third-order valence-electron chi connectivity index (χ3n) is 5.32. The van der Waals surface area contributed by atoms with Crippen LogP contribution < -0.4 is 10.6 Å². The van der Waals surface area contributed by atoms with Crippen LogP contribution in [0.25, 0.3) is 0 Å². The summed E-state index contributed by atoms with van der Waals surface area (Å²) >= 11 is 3.29. The van der Waals surface area contributed by atoms with Crippen LogP contribution in [0.15, 0.2) is 22.9 Å². The van der Waals surface area contributed by atoms with Crippen LogP contribution in [0.5, 0.6) is 0 Å². The molecule has 26 heavy (non-hydrogen) atoms. The third kappa shape index (κ3) is 4.45. The molecule has 2 aromatic rings. The summed E-state index contributed by atoms with van der Waals surface area (Å²) in [5, 5.41) is 10.8. The number of thiazole rings is 1. The van der Waals surface area contributed by atoms with E-state index in [4.69, 9.17) is 0 Å². The number of hydrogen-bond acceptors (Lipinski definition) is 5. The number of amides is 2. The normalized spacial score (nSPS) is 20.0. The number of hydrogen-bond donors (Lipinski definition) is 2. The minimum Gasteiger partial charge on any atom is -0.336 e. The molecule has 2 N–H and O–H groups in total. The second kappa shape index (κ2) is 8.06. The molecule has 1 saturated heterocycles. The van der Waals surface area contributed by atoms with Crippen molar-refractivity contribution in [2.45, 2.75) is 44.6 Å². The Morgan fingerprint density at radius 1 is 1.31 bits per heavy atom. The number of anilines is 1. The number of carbonyl (C=O) groups excluding carboxylic acids is 1. The molecule has 7 heteroatoms. The summed E-state index contributed by atoms with van der Waals surface area (Å²) in [6.07, 6.45) is 4.92. The van der Waals surface area contributed by atoms with Gasteiger partial charge in [0.1, 0.15) is 0 Å². The van der Waals surface area contributed by atoms with Gasteiger partial charge in [-0.05, 0) is 56.1 Å². The molecule has 0 bridgehead atoms. The Labute approximate surface area is 162 Å². The second-order valence-electron chi connectivity index (χ2n) is 7.44. The van der Waals surface area contributed by atoms with Gasteiger partial charge in [-0.15, -0.1) is 22.7 Å². The van der Waals surface area contributed by atoms with Gasteiger partial charge >= 0.3 is 6.03 Å². The summed E-state index contributed by atoms with van der Waals surface area (Å²) in [4.78, 5) is 20.7. The van der Waals surface area contributed by atoms with Crippen molar-refractivity contribution in [2.24, 2.45) is 5.92 Å². The van der Waals surface area contributed by atoms with Gasteiger partial charge in [-0.3, -0.25) is 10.2 Å². The van der Waals surface area contributed by atoms with Crippen LogP contribution in [-0.2, 0) is 0 Å². The zero-order valence-corrected chi connectivity index (χ0v) is 16.7. The molecule has 1 aliphatic carbocycles. The van der Waals surface area contributed by atoms with Gasteiger partial charge in [-0.2, -0.15) is 0 Å². The van der Waals surface area contributed by atoms with Crippen LogP contribution in [0.3, 0.4) is 0 Å². The zero-order chi connectivity index (χ0) is 17.9. The highest BCUT2D eigenvalue weighted by atomic mass is 32.1. The predicted octanol–water partition coefficient (Wildman–Crippen LogP) is 4.68. The molecule has 1 saturated carbocycles. The lowest BCUT2D eigenvalue weighted by Crippen LogP contribution is -2.42. The van der Waals surface area contributed by atoms with Crippen molar-refractivity contribution in [3.63, 3.8) is 0 Å². The van der Waals surface area contributed by atoms with Gasteiger partial charge in [0, 0.05) is 22.7 Å². The van der Waals surface area contributed by atoms with Crippen LogP contribution in [0.1, 0.15) is 55.1 Å². The van der Waals surface area contributed by atoms with Gasteiger partial charge in [-0.25, -0.2) is 9.78 Å². The van der Waals surface area contributed by atoms with Crippen LogP contribution in [0.2, 0.25) is 0 Å². The Balaban J connectivity index is 1.33. The number of rotatable bonds is 6. The number of nitrogens with one attached hydrogen (secondary N) is 2. The smallest absolute Gasteiger partial charge is 0.321 e. The molecule has 2 amide bonds. The Morgan fingerprint density at radius 3 is 2.81 bits per heavy atom.